The van der Waals surface area contributed by atoms with Gasteiger partial charge in [-0.05, 0) is 69.4 Å². The van der Waals surface area contributed by atoms with Crippen LogP contribution in [0.4, 0.5) is 4.79 Å². The average molecular weight is 333 g/mol. The van der Waals surface area contributed by atoms with Crippen molar-refractivity contribution in [2.24, 2.45) is 5.92 Å². The van der Waals surface area contributed by atoms with E-state index in [1.54, 1.807) is 0 Å². The number of likely N-dealkylation sites (tertiary alicyclic amines) is 1. The van der Waals surface area contributed by atoms with E-state index >= 15 is 0 Å². The zero-order chi connectivity index (χ0) is 17.2. The Morgan fingerprint density at radius 1 is 1.25 bits per heavy atom. The smallest absolute Gasteiger partial charge is 0.314 e. The number of nitrogens with one attached hydrogen (secondary N) is 2. The number of hydrogen-bond acceptors (Lipinski definition) is 3. The van der Waals surface area contributed by atoms with Gasteiger partial charge in [-0.25, -0.2) is 4.79 Å². The SMILES string of the molecule is Cc1cccc(OCCNC(=O)NCCCN2CCC(C)CC2)c1. The van der Waals surface area contributed by atoms with Crippen molar-refractivity contribution in [3.05, 3.63) is 29.8 Å². The van der Waals surface area contributed by atoms with Gasteiger partial charge in [0.25, 0.3) is 0 Å². The highest BCUT2D eigenvalue weighted by Gasteiger charge is 2.14. The highest BCUT2D eigenvalue weighted by atomic mass is 16.5. The summed E-state index contributed by atoms with van der Waals surface area (Å²) in [4.78, 5) is 14.2. The summed E-state index contributed by atoms with van der Waals surface area (Å²) in [6.07, 6.45) is 3.60. The molecular formula is C19H31N3O2. The fraction of sp³-hybridized carbons (Fsp3) is 0.632. The van der Waals surface area contributed by atoms with E-state index in [2.05, 4.69) is 22.5 Å². The van der Waals surface area contributed by atoms with Crippen LogP contribution in [0.3, 0.4) is 0 Å². The third kappa shape index (κ3) is 7.21. The van der Waals surface area contributed by atoms with E-state index in [1.807, 2.05) is 31.2 Å². The summed E-state index contributed by atoms with van der Waals surface area (Å²) in [5.74, 6) is 1.71. The molecule has 2 amide bonds. The maximum absolute atomic E-state index is 11.7. The molecule has 0 atom stereocenters. The number of ether oxygens (including phenoxy) is 1. The Labute approximate surface area is 145 Å². The van der Waals surface area contributed by atoms with Gasteiger partial charge in [0.05, 0.1) is 6.54 Å². The molecule has 0 saturated carbocycles. The van der Waals surface area contributed by atoms with Crippen LogP contribution < -0.4 is 15.4 Å². The van der Waals surface area contributed by atoms with Crippen molar-refractivity contribution in [1.82, 2.24) is 15.5 Å². The van der Waals surface area contributed by atoms with Crippen LogP contribution in [0.1, 0.15) is 31.7 Å². The molecule has 2 N–H and O–H groups in total. The second-order valence-electron chi connectivity index (χ2n) is 6.73. The largest absolute Gasteiger partial charge is 0.492 e. The van der Waals surface area contributed by atoms with Crippen LogP contribution in [-0.2, 0) is 0 Å². The fourth-order valence-corrected chi connectivity index (χ4v) is 2.89. The topological polar surface area (TPSA) is 53.6 Å². The number of carbonyl (C=O) groups excluding carboxylic acids is 1. The van der Waals surface area contributed by atoms with Gasteiger partial charge in [0.1, 0.15) is 12.4 Å². The Morgan fingerprint density at radius 2 is 2.00 bits per heavy atom. The third-order valence-electron chi connectivity index (χ3n) is 4.46. The van der Waals surface area contributed by atoms with Crippen molar-refractivity contribution in [3.8, 4) is 5.75 Å². The molecule has 1 heterocycles. The first-order valence-corrected chi connectivity index (χ1v) is 9.07. The van der Waals surface area contributed by atoms with Gasteiger partial charge in [-0.3, -0.25) is 0 Å². The zero-order valence-corrected chi connectivity index (χ0v) is 15.0. The molecule has 24 heavy (non-hydrogen) atoms. The number of carbonyl (C=O) groups is 1. The Hall–Kier alpha value is -1.75. The number of aryl methyl sites for hydroxylation is 1. The molecule has 1 aliphatic heterocycles. The molecule has 1 saturated heterocycles. The van der Waals surface area contributed by atoms with Crippen LogP contribution in [0.5, 0.6) is 5.75 Å². The number of urea groups is 1. The normalized spacial score (nSPS) is 15.9. The maximum atomic E-state index is 11.7. The van der Waals surface area contributed by atoms with Crippen molar-refractivity contribution in [2.75, 3.05) is 39.3 Å². The molecule has 134 valence electrons. The van der Waals surface area contributed by atoms with Gasteiger partial charge in [-0.2, -0.15) is 0 Å². The minimum atomic E-state index is -0.116. The number of hydrogen-bond donors (Lipinski definition) is 2. The molecular weight excluding hydrogens is 302 g/mol. The lowest BCUT2D eigenvalue weighted by Gasteiger charge is -2.30. The lowest BCUT2D eigenvalue weighted by atomic mass is 9.99. The molecule has 0 aromatic heterocycles. The van der Waals surface area contributed by atoms with E-state index in [0.717, 1.165) is 31.2 Å². The number of piperidine rings is 1. The van der Waals surface area contributed by atoms with Gasteiger partial charge in [-0.1, -0.05) is 19.1 Å². The van der Waals surface area contributed by atoms with Gasteiger partial charge >= 0.3 is 6.03 Å². The van der Waals surface area contributed by atoms with Crippen LogP contribution in [0.15, 0.2) is 24.3 Å². The summed E-state index contributed by atoms with van der Waals surface area (Å²) in [6.45, 7) is 9.52. The molecule has 1 fully saturated rings. The molecule has 1 aromatic rings. The first-order valence-electron chi connectivity index (χ1n) is 9.07. The van der Waals surface area contributed by atoms with Gasteiger partial charge < -0.3 is 20.3 Å². The van der Waals surface area contributed by atoms with Crippen LogP contribution in [0.25, 0.3) is 0 Å². The number of rotatable bonds is 8. The third-order valence-corrected chi connectivity index (χ3v) is 4.46. The summed E-state index contributed by atoms with van der Waals surface area (Å²) < 4.78 is 5.60. The predicted molar refractivity (Wildman–Crippen MR) is 97.5 cm³/mol. The predicted octanol–water partition coefficient (Wildman–Crippen LogP) is 2.80. The minimum absolute atomic E-state index is 0.116. The Kier molecular flexibility index (Phi) is 7.89. The van der Waals surface area contributed by atoms with Crippen LogP contribution in [0, 0.1) is 12.8 Å². The molecule has 5 heteroatoms. The molecule has 0 unspecified atom stereocenters. The van der Waals surface area contributed by atoms with E-state index in [4.69, 9.17) is 4.74 Å². The van der Waals surface area contributed by atoms with Crippen molar-refractivity contribution >= 4 is 6.03 Å². The van der Waals surface area contributed by atoms with Gasteiger partial charge in [0.15, 0.2) is 0 Å². The molecule has 1 aromatic carbocycles. The van der Waals surface area contributed by atoms with E-state index < -0.39 is 0 Å². The fourth-order valence-electron chi connectivity index (χ4n) is 2.89. The highest BCUT2D eigenvalue weighted by molar-refractivity contribution is 5.73. The van der Waals surface area contributed by atoms with Crippen molar-refractivity contribution in [1.29, 1.82) is 0 Å². The van der Waals surface area contributed by atoms with Crippen molar-refractivity contribution in [2.45, 2.75) is 33.1 Å². The second-order valence-corrected chi connectivity index (χ2v) is 6.73. The first-order chi connectivity index (χ1) is 11.6. The number of benzene rings is 1. The van der Waals surface area contributed by atoms with Gasteiger partial charge in [0.2, 0.25) is 0 Å². The lowest BCUT2D eigenvalue weighted by Crippen LogP contribution is -2.39. The molecule has 0 bridgehead atoms. The Morgan fingerprint density at radius 3 is 2.75 bits per heavy atom. The highest BCUT2D eigenvalue weighted by Crippen LogP contribution is 2.15. The second kappa shape index (κ2) is 10.2. The van der Waals surface area contributed by atoms with Crippen LogP contribution in [-0.4, -0.2) is 50.3 Å². The Bertz CT molecular complexity index is 499. The quantitative estimate of drug-likeness (QED) is 0.719. The summed E-state index contributed by atoms with van der Waals surface area (Å²) in [7, 11) is 0. The van der Waals surface area contributed by atoms with Crippen molar-refractivity contribution in [3.63, 3.8) is 0 Å². The molecule has 0 spiro atoms. The van der Waals surface area contributed by atoms with E-state index in [-0.39, 0.29) is 6.03 Å². The monoisotopic (exact) mass is 333 g/mol. The van der Waals surface area contributed by atoms with E-state index in [0.29, 0.717) is 13.2 Å². The summed E-state index contributed by atoms with van der Waals surface area (Å²) in [5.41, 5.74) is 1.17. The summed E-state index contributed by atoms with van der Waals surface area (Å²) >= 11 is 0. The summed E-state index contributed by atoms with van der Waals surface area (Å²) in [5, 5.41) is 5.73. The lowest BCUT2D eigenvalue weighted by molar-refractivity contribution is 0.190. The molecule has 5 nitrogen and oxygen atoms in total. The molecule has 1 aliphatic rings. The average Bonchev–Trinajstić information content (AvgIpc) is 2.57. The van der Waals surface area contributed by atoms with Crippen molar-refractivity contribution < 1.29 is 9.53 Å². The standard InChI is InChI=1S/C19H31N3O2/c1-16-7-12-22(13-8-16)11-4-9-20-19(23)21-10-14-24-18-6-3-5-17(2)15-18/h3,5-6,15-16H,4,7-14H2,1-2H3,(H2,20,21,23). The van der Waals surface area contributed by atoms with Gasteiger partial charge in [0, 0.05) is 6.54 Å². The molecule has 0 aliphatic carbocycles. The number of amides is 2. The number of nitrogens with zero attached hydrogens (tertiary/aromatic N) is 1. The van der Waals surface area contributed by atoms with Crippen LogP contribution in [0.2, 0.25) is 0 Å². The zero-order valence-electron chi connectivity index (χ0n) is 15.0. The minimum Gasteiger partial charge on any atom is -0.492 e. The molecule has 0 radical (unpaired) electrons. The Balaban J connectivity index is 1.46. The molecule has 2 rings (SSSR count). The summed E-state index contributed by atoms with van der Waals surface area (Å²) in [6, 6.07) is 7.79. The first kappa shape index (κ1) is 18.6. The van der Waals surface area contributed by atoms with Gasteiger partial charge in [-0.15, -0.1) is 0 Å². The van der Waals surface area contributed by atoms with E-state index in [1.165, 1.54) is 31.5 Å². The van der Waals surface area contributed by atoms with Crippen LogP contribution >= 0.6 is 0 Å². The van der Waals surface area contributed by atoms with E-state index in [9.17, 15) is 4.79 Å². The maximum Gasteiger partial charge on any atom is 0.314 e.